The summed E-state index contributed by atoms with van der Waals surface area (Å²) in [5.74, 6) is -0.504. The largest absolute Gasteiger partial charge is 0.378 e. The standard InChI is InChI=1S/C24H24FN5O4S/c1-2-24(31)30-22-8-4-3-7-20(22)28-23(30)17-27-35(32,33)26-11-5-6-18-9-10-21(19(25)16-18)29-12-14-34-15-13-29/h3-4,6-11,16-17,26H,2,12-15H2,1H3. The number of ether oxygens (including phenoxy) is 1. The fraction of sp³-hybridized carbons (Fsp3) is 0.250. The van der Waals surface area contributed by atoms with Crippen molar-refractivity contribution in [1.29, 1.82) is 0 Å². The average molecular weight is 498 g/mol. The van der Waals surface area contributed by atoms with E-state index in [0.29, 0.717) is 48.6 Å². The maximum Gasteiger partial charge on any atom is 0.342 e. The number of nitrogens with zero attached hydrogens (tertiary/aromatic N) is 4. The molecule has 1 N–H and O–H groups in total. The van der Waals surface area contributed by atoms with Gasteiger partial charge in [0.05, 0.1) is 42.3 Å². The first kappa shape index (κ1) is 24.3. The van der Waals surface area contributed by atoms with Gasteiger partial charge in [0.2, 0.25) is 5.91 Å². The molecule has 182 valence electrons. The third-order valence-electron chi connectivity index (χ3n) is 5.31. The number of fused-ring (bicyclic) bond motifs is 1. The van der Waals surface area contributed by atoms with E-state index in [9.17, 15) is 17.6 Å². The van der Waals surface area contributed by atoms with Crippen LogP contribution in [0, 0.1) is 5.82 Å². The molecule has 1 aliphatic rings. The lowest BCUT2D eigenvalue weighted by atomic mass is 10.1. The lowest BCUT2D eigenvalue weighted by Gasteiger charge is -2.29. The van der Waals surface area contributed by atoms with Crippen molar-refractivity contribution in [2.24, 2.45) is 4.40 Å². The predicted octanol–water partition coefficient (Wildman–Crippen LogP) is 3.14. The number of carbonyl (C=O) groups excluding carboxylic acids is 1. The Morgan fingerprint density at radius 3 is 2.77 bits per heavy atom. The zero-order valence-corrected chi connectivity index (χ0v) is 19.8. The number of aromatic nitrogens is 2. The maximum atomic E-state index is 14.5. The van der Waals surface area contributed by atoms with E-state index in [0.717, 1.165) is 12.4 Å². The molecule has 1 aliphatic heterocycles. The first-order valence-electron chi connectivity index (χ1n) is 11.0. The van der Waals surface area contributed by atoms with Gasteiger partial charge < -0.3 is 9.64 Å². The molecule has 2 heterocycles. The van der Waals surface area contributed by atoms with Crippen molar-refractivity contribution >= 4 is 45.1 Å². The molecule has 1 saturated heterocycles. The second-order valence-corrected chi connectivity index (χ2v) is 9.03. The van der Waals surface area contributed by atoms with Crippen molar-refractivity contribution in [2.75, 3.05) is 31.2 Å². The molecule has 0 atom stereocenters. The summed E-state index contributed by atoms with van der Waals surface area (Å²) in [7, 11) is -4.13. The Balaban J connectivity index is 1.46. The first-order valence-corrected chi connectivity index (χ1v) is 12.4. The molecule has 0 bridgehead atoms. The Morgan fingerprint density at radius 2 is 2.03 bits per heavy atom. The monoisotopic (exact) mass is 497 g/mol. The van der Waals surface area contributed by atoms with Gasteiger partial charge in [-0.15, -0.1) is 10.1 Å². The molecule has 1 fully saturated rings. The molecule has 35 heavy (non-hydrogen) atoms. The number of para-hydroxylation sites is 2. The Hall–Kier alpha value is -3.79. The van der Waals surface area contributed by atoms with Crippen LogP contribution in [0.4, 0.5) is 10.1 Å². The number of carbonyl (C=O) groups is 1. The third-order valence-corrected chi connectivity index (χ3v) is 6.11. The summed E-state index contributed by atoms with van der Waals surface area (Å²) in [4.78, 5) is 18.6. The van der Waals surface area contributed by atoms with E-state index in [1.807, 2.05) is 4.90 Å². The number of morpholine rings is 1. The second kappa shape index (κ2) is 10.6. The number of rotatable bonds is 7. The summed E-state index contributed by atoms with van der Waals surface area (Å²) in [6.45, 7) is 4.06. The highest BCUT2D eigenvalue weighted by Gasteiger charge is 2.16. The number of hydrogen-bond donors (Lipinski definition) is 1. The highest BCUT2D eigenvalue weighted by Crippen LogP contribution is 2.22. The van der Waals surface area contributed by atoms with E-state index in [4.69, 9.17) is 4.74 Å². The van der Waals surface area contributed by atoms with Gasteiger partial charge in [0.25, 0.3) is 0 Å². The topological polar surface area (TPSA) is 106 Å². The van der Waals surface area contributed by atoms with Crippen LogP contribution in [-0.4, -0.2) is 56.4 Å². The molecular weight excluding hydrogens is 473 g/mol. The molecular formula is C24H24FN5O4S. The SMILES string of the molecule is CCC(=O)n1c(C=NS(=O)(=O)NC=C=Cc2ccc(N3CCOCC3)c(F)c2)nc2ccccc21. The number of halogens is 1. The van der Waals surface area contributed by atoms with Crippen molar-refractivity contribution in [3.8, 4) is 0 Å². The fourth-order valence-corrected chi connectivity index (χ4v) is 4.13. The number of benzene rings is 2. The molecule has 3 aromatic rings. The molecule has 0 radical (unpaired) electrons. The van der Waals surface area contributed by atoms with Gasteiger partial charge >= 0.3 is 10.2 Å². The zero-order valence-electron chi connectivity index (χ0n) is 19.0. The van der Waals surface area contributed by atoms with E-state index in [2.05, 4.69) is 19.8 Å². The van der Waals surface area contributed by atoms with E-state index >= 15 is 0 Å². The zero-order chi connectivity index (χ0) is 24.8. The Kier molecular flexibility index (Phi) is 7.40. The van der Waals surface area contributed by atoms with Crippen LogP contribution in [0.5, 0.6) is 0 Å². The van der Waals surface area contributed by atoms with Gasteiger partial charge in [0.1, 0.15) is 5.82 Å². The normalized spacial score (nSPS) is 14.2. The lowest BCUT2D eigenvalue weighted by molar-refractivity contribution is 0.0913. The Labute approximate surface area is 202 Å². The molecule has 4 rings (SSSR count). The van der Waals surface area contributed by atoms with E-state index in [1.54, 1.807) is 43.3 Å². The van der Waals surface area contributed by atoms with Gasteiger partial charge in [0, 0.05) is 19.5 Å². The van der Waals surface area contributed by atoms with Crippen LogP contribution in [0.25, 0.3) is 17.1 Å². The smallest absolute Gasteiger partial charge is 0.342 e. The number of anilines is 1. The number of hydrogen-bond acceptors (Lipinski definition) is 6. The van der Waals surface area contributed by atoms with Gasteiger partial charge in [-0.1, -0.05) is 25.1 Å². The van der Waals surface area contributed by atoms with Crippen molar-refractivity contribution in [3.63, 3.8) is 0 Å². The molecule has 11 heteroatoms. The summed E-state index contributed by atoms with van der Waals surface area (Å²) in [5, 5.41) is 0. The molecule has 0 spiro atoms. The molecule has 0 aliphatic carbocycles. The quantitative estimate of drug-likeness (QED) is 0.397. The van der Waals surface area contributed by atoms with Crippen LogP contribution in [0.3, 0.4) is 0 Å². The third kappa shape index (κ3) is 5.83. The Morgan fingerprint density at radius 1 is 1.26 bits per heavy atom. The van der Waals surface area contributed by atoms with Crippen LogP contribution in [0.1, 0.15) is 29.5 Å². The average Bonchev–Trinajstić information content (AvgIpc) is 3.24. The lowest BCUT2D eigenvalue weighted by Crippen LogP contribution is -2.36. The van der Waals surface area contributed by atoms with Crippen LogP contribution in [0.2, 0.25) is 0 Å². The second-order valence-electron chi connectivity index (χ2n) is 7.63. The molecule has 2 aromatic carbocycles. The van der Waals surface area contributed by atoms with Gasteiger partial charge in [-0.2, -0.15) is 8.42 Å². The molecule has 0 unspecified atom stereocenters. The van der Waals surface area contributed by atoms with Crippen LogP contribution in [0.15, 0.2) is 58.8 Å². The molecule has 1 aromatic heterocycles. The van der Waals surface area contributed by atoms with Crippen molar-refractivity contribution in [3.05, 3.63) is 71.6 Å². The number of imidazole rings is 1. The van der Waals surface area contributed by atoms with Crippen LogP contribution >= 0.6 is 0 Å². The van der Waals surface area contributed by atoms with Gasteiger partial charge in [-0.3, -0.25) is 14.1 Å². The molecule has 0 saturated carbocycles. The van der Waals surface area contributed by atoms with Crippen LogP contribution in [-0.2, 0) is 14.9 Å². The maximum absolute atomic E-state index is 14.5. The fourth-order valence-electron chi connectivity index (χ4n) is 3.62. The molecule has 9 nitrogen and oxygen atoms in total. The van der Waals surface area contributed by atoms with Gasteiger partial charge in [0.15, 0.2) is 5.82 Å². The van der Waals surface area contributed by atoms with Crippen molar-refractivity contribution < 1.29 is 22.3 Å². The van der Waals surface area contributed by atoms with Crippen molar-refractivity contribution in [2.45, 2.75) is 13.3 Å². The number of nitrogens with one attached hydrogen (secondary N) is 1. The van der Waals surface area contributed by atoms with E-state index in [-0.39, 0.29) is 24.0 Å². The highest BCUT2D eigenvalue weighted by atomic mass is 32.2. The summed E-state index contributed by atoms with van der Waals surface area (Å²) in [5.41, 5.74) is 4.79. The van der Waals surface area contributed by atoms with E-state index in [1.165, 1.54) is 16.7 Å². The highest BCUT2D eigenvalue weighted by molar-refractivity contribution is 7.88. The predicted molar refractivity (Wildman–Crippen MR) is 132 cm³/mol. The summed E-state index contributed by atoms with van der Waals surface area (Å²) >= 11 is 0. The minimum atomic E-state index is -4.13. The summed E-state index contributed by atoms with van der Waals surface area (Å²) in [6.07, 6.45) is 3.74. The van der Waals surface area contributed by atoms with Gasteiger partial charge in [-0.25, -0.2) is 9.37 Å². The van der Waals surface area contributed by atoms with E-state index < -0.39 is 10.2 Å². The first-order chi connectivity index (χ1) is 16.9. The summed E-state index contributed by atoms with van der Waals surface area (Å²) < 4.78 is 51.3. The summed E-state index contributed by atoms with van der Waals surface area (Å²) in [6, 6.07) is 11.7. The van der Waals surface area contributed by atoms with Crippen LogP contribution < -0.4 is 9.62 Å². The molecule has 0 amide bonds. The Bertz CT molecular complexity index is 1440. The minimum absolute atomic E-state index is 0.110. The van der Waals surface area contributed by atoms with Gasteiger partial charge in [-0.05, 0) is 35.9 Å². The van der Waals surface area contributed by atoms with Crippen molar-refractivity contribution in [1.82, 2.24) is 14.3 Å². The minimum Gasteiger partial charge on any atom is -0.378 e.